The summed E-state index contributed by atoms with van der Waals surface area (Å²) in [5, 5.41) is 5.84. The molecule has 3 aliphatic rings. The molecule has 0 saturated heterocycles. The number of nitrogens with zero attached hydrogens (tertiary/aromatic N) is 2. The summed E-state index contributed by atoms with van der Waals surface area (Å²) in [7, 11) is -4.90. The molecule has 0 unspecified atom stereocenters. The maximum atomic E-state index is 12.8. The summed E-state index contributed by atoms with van der Waals surface area (Å²) in [6.45, 7) is 2.05. The van der Waals surface area contributed by atoms with Gasteiger partial charge in [0.2, 0.25) is 0 Å². The standard InChI is InChI=1S/C23H20Cl2N4O8S2/c1-5-27-13-9-7-11-19(23(13)39(32,33)35-4)37-21-15(25)16-20(14(24)17(21)29-11)36-18-10(28-16)6-8-12(26-2)22(18)38(30,31)34-3/h6-9,26,28H,5H2,1-4H3. The molecular formula is C23H20Cl2N4O8S2. The van der Waals surface area contributed by atoms with Gasteiger partial charge in [-0.1, -0.05) is 23.2 Å². The van der Waals surface area contributed by atoms with Gasteiger partial charge in [0, 0.05) is 13.6 Å². The van der Waals surface area contributed by atoms with Crippen molar-refractivity contribution in [2.24, 2.45) is 4.99 Å². The second-order valence-electron chi connectivity index (χ2n) is 8.00. The van der Waals surface area contributed by atoms with Crippen LogP contribution in [-0.4, -0.2) is 49.6 Å². The number of nitrogens with one attached hydrogen (secondary N) is 2. The second kappa shape index (κ2) is 9.80. The molecule has 206 valence electrons. The first-order chi connectivity index (χ1) is 18.5. The van der Waals surface area contributed by atoms with Crippen molar-refractivity contribution in [3.63, 3.8) is 0 Å². The fourth-order valence-electron chi connectivity index (χ4n) is 4.13. The highest BCUT2D eigenvalue weighted by Crippen LogP contribution is 2.55. The van der Waals surface area contributed by atoms with Crippen molar-refractivity contribution in [3.05, 3.63) is 39.7 Å². The van der Waals surface area contributed by atoms with Crippen LogP contribution in [0.4, 0.5) is 17.1 Å². The molecule has 2 heterocycles. The molecule has 2 aromatic carbocycles. The van der Waals surface area contributed by atoms with Gasteiger partial charge >= 0.3 is 20.2 Å². The number of hydrogen-bond acceptors (Lipinski definition) is 12. The Hall–Kier alpha value is -3.14. The SMILES string of the molecule is CCN=c1ccc2nc3c(Cl)c4c(c(Cl)c3oc-2c1S(=O)(=O)OC)Nc1ccc(NC)c(S(=O)(=O)OC)c1O4. The third-order valence-electron chi connectivity index (χ3n) is 5.89. The minimum absolute atomic E-state index is 0.0214. The lowest BCUT2D eigenvalue weighted by Crippen LogP contribution is -2.19. The summed E-state index contributed by atoms with van der Waals surface area (Å²) in [5.41, 5.74) is 0.730. The van der Waals surface area contributed by atoms with Gasteiger partial charge in [0.15, 0.2) is 32.6 Å². The van der Waals surface area contributed by atoms with E-state index in [0.29, 0.717) is 6.54 Å². The molecule has 0 saturated carbocycles. The molecule has 39 heavy (non-hydrogen) atoms. The van der Waals surface area contributed by atoms with Crippen molar-refractivity contribution in [3.8, 4) is 23.0 Å². The van der Waals surface area contributed by atoms with Crippen LogP contribution in [-0.2, 0) is 28.6 Å². The second-order valence-corrected chi connectivity index (χ2v) is 12.1. The number of ether oxygens (including phenoxy) is 1. The number of aromatic nitrogens is 1. The average Bonchev–Trinajstić information content (AvgIpc) is 2.93. The Balaban J connectivity index is 1.83. The fourth-order valence-corrected chi connectivity index (χ4v) is 6.57. The zero-order valence-corrected chi connectivity index (χ0v) is 23.9. The third kappa shape index (κ3) is 4.27. The first-order valence-corrected chi connectivity index (χ1v) is 14.8. The summed E-state index contributed by atoms with van der Waals surface area (Å²) in [5.74, 6) is -0.237. The Morgan fingerprint density at radius 3 is 2.33 bits per heavy atom. The zero-order valence-electron chi connectivity index (χ0n) is 20.7. The van der Waals surface area contributed by atoms with E-state index in [4.69, 9.17) is 40.7 Å². The maximum Gasteiger partial charge on any atom is 0.302 e. The summed E-state index contributed by atoms with van der Waals surface area (Å²) in [4.78, 5) is 8.16. The van der Waals surface area contributed by atoms with Gasteiger partial charge in [-0.05, 0) is 31.2 Å². The van der Waals surface area contributed by atoms with Gasteiger partial charge in [0.1, 0.15) is 26.9 Å². The van der Waals surface area contributed by atoms with Crippen molar-refractivity contribution in [2.45, 2.75) is 16.7 Å². The Morgan fingerprint density at radius 2 is 1.69 bits per heavy atom. The lowest BCUT2D eigenvalue weighted by atomic mass is 10.1. The quantitative estimate of drug-likeness (QED) is 0.201. The van der Waals surface area contributed by atoms with Crippen molar-refractivity contribution in [1.29, 1.82) is 0 Å². The molecular weight excluding hydrogens is 595 g/mol. The van der Waals surface area contributed by atoms with E-state index >= 15 is 0 Å². The van der Waals surface area contributed by atoms with E-state index in [-0.39, 0.29) is 76.3 Å². The van der Waals surface area contributed by atoms with Gasteiger partial charge in [0.05, 0.1) is 31.0 Å². The average molecular weight is 615 g/mol. The molecule has 0 bridgehead atoms. The minimum atomic E-state index is -4.27. The maximum absolute atomic E-state index is 12.8. The molecule has 0 fully saturated rings. The van der Waals surface area contributed by atoms with Crippen LogP contribution < -0.4 is 20.7 Å². The molecule has 1 aliphatic carbocycles. The number of fused-ring (bicyclic) bond motifs is 4. The number of anilines is 3. The van der Waals surface area contributed by atoms with Crippen LogP contribution in [0.25, 0.3) is 22.6 Å². The van der Waals surface area contributed by atoms with Crippen LogP contribution in [0.3, 0.4) is 0 Å². The highest BCUT2D eigenvalue weighted by atomic mass is 35.5. The van der Waals surface area contributed by atoms with Crippen LogP contribution in [0, 0.1) is 0 Å². The molecule has 2 aliphatic heterocycles. The molecule has 12 nitrogen and oxygen atoms in total. The monoisotopic (exact) mass is 614 g/mol. The van der Waals surface area contributed by atoms with Gasteiger partial charge in [-0.15, -0.1) is 0 Å². The van der Waals surface area contributed by atoms with E-state index in [1.807, 2.05) is 0 Å². The van der Waals surface area contributed by atoms with Gasteiger partial charge in [-0.3, -0.25) is 13.4 Å². The Morgan fingerprint density at radius 1 is 1.00 bits per heavy atom. The third-order valence-corrected chi connectivity index (χ3v) is 9.28. The molecule has 0 amide bonds. The predicted molar refractivity (Wildman–Crippen MR) is 144 cm³/mol. The van der Waals surface area contributed by atoms with E-state index in [9.17, 15) is 16.8 Å². The molecule has 2 N–H and O–H groups in total. The van der Waals surface area contributed by atoms with Gasteiger partial charge in [-0.2, -0.15) is 16.8 Å². The topological polar surface area (TPSA) is 158 Å². The smallest absolute Gasteiger partial charge is 0.302 e. The van der Waals surface area contributed by atoms with Crippen LogP contribution in [0.5, 0.6) is 11.5 Å². The summed E-state index contributed by atoms with van der Waals surface area (Å²) in [6, 6.07) is 6.07. The molecule has 2 aromatic rings. The summed E-state index contributed by atoms with van der Waals surface area (Å²) >= 11 is 13.4. The fraction of sp³-hybridized carbons (Fsp3) is 0.217. The lowest BCUT2D eigenvalue weighted by molar-refractivity contribution is 0.391. The lowest BCUT2D eigenvalue weighted by Gasteiger charge is -2.27. The van der Waals surface area contributed by atoms with Crippen LogP contribution >= 0.6 is 23.2 Å². The highest BCUT2D eigenvalue weighted by molar-refractivity contribution is 7.87. The number of rotatable bonds is 6. The largest absolute Gasteiger partial charge is 0.450 e. The molecule has 0 atom stereocenters. The van der Waals surface area contributed by atoms with Crippen molar-refractivity contribution in [2.75, 3.05) is 38.4 Å². The molecule has 0 spiro atoms. The Kier molecular flexibility index (Phi) is 6.89. The minimum Gasteiger partial charge on any atom is -0.450 e. The van der Waals surface area contributed by atoms with Crippen LogP contribution in [0.2, 0.25) is 10.0 Å². The van der Waals surface area contributed by atoms with Crippen molar-refractivity contribution < 1.29 is 34.4 Å². The van der Waals surface area contributed by atoms with Gasteiger partial charge in [-0.25, -0.2) is 4.98 Å². The van der Waals surface area contributed by atoms with Gasteiger partial charge in [0.25, 0.3) is 0 Å². The highest BCUT2D eigenvalue weighted by Gasteiger charge is 2.35. The molecule has 0 radical (unpaired) electrons. The summed E-state index contributed by atoms with van der Waals surface area (Å²) in [6.07, 6.45) is 0. The van der Waals surface area contributed by atoms with Crippen LogP contribution in [0.1, 0.15) is 6.92 Å². The normalized spacial score (nSPS) is 13.6. The Labute approximate surface area is 233 Å². The number of halogens is 2. The van der Waals surface area contributed by atoms with E-state index in [1.54, 1.807) is 20.0 Å². The van der Waals surface area contributed by atoms with Gasteiger partial charge < -0.3 is 19.8 Å². The predicted octanol–water partition coefficient (Wildman–Crippen LogP) is 4.72. The summed E-state index contributed by atoms with van der Waals surface area (Å²) < 4.78 is 72.7. The number of hydrogen-bond donors (Lipinski definition) is 2. The molecule has 5 rings (SSSR count). The van der Waals surface area contributed by atoms with E-state index in [1.165, 1.54) is 18.2 Å². The Bertz CT molecular complexity index is 1930. The van der Waals surface area contributed by atoms with Crippen molar-refractivity contribution >= 4 is 71.6 Å². The molecule has 0 aromatic heterocycles. The first kappa shape index (κ1) is 27.4. The molecule has 16 heteroatoms. The van der Waals surface area contributed by atoms with E-state index in [2.05, 4.69) is 20.6 Å². The zero-order chi connectivity index (χ0) is 28.3. The van der Waals surface area contributed by atoms with Crippen LogP contribution in [0.15, 0.2) is 43.5 Å². The van der Waals surface area contributed by atoms with E-state index in [0.717, 1.165) is 14.2 Å². The first-order valence-electron chi connectivity index (χ1n) is 11.2. The number of benzene rings is 3. The van der Waals surface area contributed by atoms with E-state index < -0.39 is 20.2 Å². The van der Waals surface area contributed by atoms with Crippen molar-refractivity contribution in [1.82, 2.24) is 4.98 Å².